The van der Waals surface area contributed by atoms with Gasteiger partial charge in [-0.25, -0.2) is 4.98 Å². The fourth-order valence-electron chi connectivity index (χ4n) is 1.34. The molecule has 0 aliphatic heterocycles. The zero-order valence-electron chi connectivity index (χ0n) is 8.20. The number of hydrogen-bond acceptors (Lipinski definition) is 5. The summed E-state index contributed by atoms with van der Waals surface area (Å²) in [5, 5.41) is 10.8. The Morgan fingerprint density at radius 3 is 2.50 bits per heavy atom. The third kappa shape index (κ3) is 1.81. The van der Waals surface area contributed by atoms with E-state index in [9.17, 15) is 10.1 Å². The largest absolute Gasteiger partial charge is 0.384 e. The second-order valence-electron chi connectivity index (χ2n) is 3.10. The molecule has 2 rings (SSSR count). The molecule has 0 saturated heterocycles. The van der Waals surface area contributed by atoms with Gasteiger partial charge in [0, 0.05) is 24.0 Å². The first-order valence-corrected chi connectivity index (χ1v) is 4.50. The van der Waals surface area contributed by atoms with Crippen molar-refractivity contribution < 1.29 is 4.92 Å². The minimum Gasteiger partial charge on any atom is -0.384 e. The minimum atomic E-state index is -0.484. The van der Waals surface area contributed by atoms with Gasteiger partial charge in [-0.2, -0.15) is 0 Å². The molecule has 0 saturated carbocycles. The van der Waals surface area contributed by atoms with Crippen molar-refractivity contribution >= 4 is 11.5 Å². The highest BCUT2D eigenvalue weighted by atomic mass is 16.6. The van der Waals surface area contributed by atoms with Gasteiger partial charge in [0.2, 0.25) is 0 Å². The summed E-state index contributed by atoms with van der Waals surface area (Å²) >= 11 is 0. The molecule has 0 fully saturated rings. The SMILES string of the molecule is Nc1ccc([N+](=O)[O-])c(-c2ccncc2)n1. The lowest BCUT2D eigenvalue weighted by Gasteiger charge is -2.02. The molecule has 80 valence electrons. The molecule has 2 aromatic rings. The second-order valence-corrected chi connectivity index (χ2v) is 3.10. The quantitative estimate of drug-likeness (QED) is 0.608. The molecule has 0 spiro atoms. The highest BCUT2D eigenvalue weighted by Crippen LogP contribution is 2.27. The summed E-state index contributed by atoms with van der Waals surface area (Å²) in [6.07, 6.45) is 3.09. The fourth-order valence-corrected chi connectivity index (χ4v) is 1.34. The van der Waals surface area contributed by atoms with Crippen molar-refractivity contribution in [2.75, 3.05) is 5.73 Å². The average molecular weight is 216 g/mol. The first-order valence-electron chi connectivity index (χ1n) is 4.50. The molecule has 0 aromatic carbocycles. The third-order valence-corrected chi connectivity index (χ3v) is 2.05. The second kappa shape index (κ2) is 3.93. The molecule has 2 heterocycles. The maximum atomic E-state index is 10.8. The molecule has 6 heteroatoms. The topological polar surface area (TPSA) is 94.9 Å². The lowest BCUT2D eigenvalue weighted by atomic mass is 10.1. The van der Waals surface area contributed by atoms with Crippen LogP contribution < -0.4 is 5.73 Å². The Bertz CT molecular complexity index is 528. The number of aromatic nitrogens is 2. The van der Waals surface area contributed by atoms with Crippen molar-refractivity contribution in [3.63, 3.8) is 0 Å². The van der Waals surface area contributed by atoms with E-state index in [1.165, 1.54) is 12.1 Å². The van der Waals surface area contributed by atoms with E-state index in [1.54, 1.807) is 24.5 Å². The summed E-state index contributed by atoms with van der Waals surface area (Å²) in [7, 11) is 0. The van der Waals surface area contributed by atoms with Gasteiger partial charge in [0.05, 0.1) is 4.92 Å². The van der Waals surface area contributed by atoms with E-state index < -0.39 is 4.92 Å². The standard InChI is InChI=1S/C10H8N4O2/c11-9-2-1-8(14(15)16)10(13-9)7-3-5-12-6-4-7/h1-6H,(H2,11,13). The van der Waals surface area contributed by atoms with Gasteiger partial charge in [-0.1, -0.05) is 0 Å². The Hall–Kier alpha value is -2.50. The monoisotopic (exact) mass is 216 g/mol. The molecule has 0 radical (unpaired) electrons. The van der Waals surface area contributed by atoms with Crippen molar-refractivity contribution in [3.8, 4) is 11.3 Å². The van der Waals surface area contributed by atoms with Crippen molar-refractivity contribution in [2.45, 2.75) is 0 Å². The van der Waals surface area contributed by atoms with Crippen LogP contribution in [0, 0.1) is 10.1 Å². The maximum Gasteiger partial charge on any atom is 0.295 e. The highest BCUT2D eigenvalue weighted by Gasteiger charge is 2.16. The van der Waals surface area contributed by atoms with Gasteiger partial charge in [-0.3, -0.25) is 15.1 Å². The highest BCUT2D eigenvalue weighted by molar-refractivity contribution is 5.70. The predicted molar refractivity (Wildman–Crippen MR) is 58.5 cm³/mol. The molecule has 0 aliphatic carbocycles. The number of nitrogen functional groups attached to an aromatic ring is 1. The fraction of sp³-hybridized carbons (Fsp3) is 0. The van der Waals surface area contributed by atoms with E-state index in [0.29, 0.717) is 5.56 Å². The van der Waals surface area contributed by atoms with E-state index in [-0.39, 0.29) is 17.2 Å². The Morgan fingerprint density at radius 2 is 1.88 bits per heavy atom. The number of nitrogens with two attached hydrogens (primary N) is 1. The zero-order valence-corrected chi connectivity index (χ0v) is 8.20. The third-order valence-electron chi connectivity index (χ3n) is 2.05. The number of nitrogens with zero attached hydrogens (tertiary/aromatic N) is 3. The van der Waals surface area contributed by atoms with Crippen LogP contribution in [0.3, 0.4) is 0 Å². The molecule has 6 nitrogen and oxygen atoms in total. The van der Waals surface area contributed by atoms with Crippen LogP contribution in [0.2, 0.25) is 0 Å². The first kappa shape index (κ1) is 10.0. The minimum absolute atomic E-state index is 0.0691. The van der Waals surface area contributed by atoms with Gasteiger partial charge in [0.25, 0.3) is 5.69 Å². The van der Waals surface area contributed by atoms with Crippen LogP contribution >= 0.6 is 0 Å². The van der Waals surface area contributed by atoms with Gasteiger partial charge in [-0.15, -0.1) is 0 Å². The van der Waals surface area contributed by atoms with Crippen LogP contribution in [0.25, 0.3) is 11.3 Å². The number of anilines is 1. The van der Waals surface area contributed by atoms with Gasteiger partial charge >= 0.3 is 0 Å². The summed E-state index contributed by atoms with van der Waals surface area (Å²) < 4.78 is 0. The van der Waals surface area contributed by atoms with Crippen LogP contribution in [0.15, 0.2) is 36.7 Å². The average Bonchev–Trinajstić information content (AvgIpc) is 2.29. The van der Waals surface area contributed by atoms with E-state index >= 15 is 0 Å². The van der Waals surface area contributed by atoms with Crippen LogP contribution in [0.1, 0.15) is 0 Å². The number of nitro groups is 1. The summed E-state index contributed by atoms with van der Waals surface area (Å²) in [6, 6.07) is 6.05. The van der Waals surface area contributed by atoms with Crippen LogP contribution in [-0.2, 0) is 0 Å². The Morgan fingerprint density at radius 1 is 1.19 bits per heavy atom. The number of hydrogen-bond donors (Lipinski definition) is 1. The Balaban J connectivity index is 2.63. The maximum absolute atomic E-state index is 10.8. The molecule has 2 N–H and O–H groups in total. The van der Waals surface area contributed by atoms with Crippen molar-refractivity contribution in [2.24, 2.45) is 0 Å². The van der Waals surface area contributed by atoms with Crippen molar-refractivity contribution in [1.29, 1.82) is 0 Å². The zero-order chi connectivity index (χ0) is 11.5. The summed E-state index contributed by atoms with van der Waals surface area (Å²) in [4.78, 5) is 18.1. The molecular formula is C10H8N4O2. The lowest BCUT2D eigenvalue weighted by Crippen LogP contribution is -1.98. The molecule has 0 atom stereocenters. The smallest absolute Gasteiger partial charge is 0.295 e. The van der Waals surface area contributed by atoms with Crippen LogP contribution in [0.5, 0.6) is 0 Å². The molecule has 0 unspecified atom stereocenters. The van der Waals surface area contributed by atoms with E-state index in [4.69, 9.17) is 5.73 Å². The summed E-state index contributed by atoms with van der Waals surface area (Å²) in [5.74, 6) is 0.248. The van der Waals surface area contributed by atoms with E-state index in [0.717, 1.165) is 0 Å². The van der Waals surface area contributed by atoms with E-state index in [1.807, 2.05) is 0 Å². The molecule has 0 amide bonds. The normalized spacial score (nSPS) is 10.0. The first-order chi connectivity index (χ1) is 7.68. The van der Waals surface area contributed by atoms with Crippen molar-refractivity contribution in [1.82, 2.24) is 9.97 Å². The summed E-state index contributed by atoms with van der Waals surface area (Å²) in [5.41, 5.74) is 6.32. The lowest BCUT2D eigenvalue weighted by molar-refractivity contribution is -0.384. The molecular weight excluding hydrogens is 208 g/mol. The van der Waals surface area contributed by atoms with Crippen LogP contribution in [-0.4, -0.2) is 14.9 Å². The molecule has 16 heavy (non-hydrogen) atoms. The number of rotatable bonds is 2. The molecule has 0 bridgehead atoms. The van der Waals surface area contributed by atoms with E-state index in [2.05, 4.69) is 9.97 Å². The summed E-state index contributed by atoms with van der Waals surface area (Å²) in [6.45, 7) is 0. The van der Waals surface area contributed by atoms with Crippen LogP contribution in [0.4, 0.5) is 11.5 Å². The Labute approximate surface area is 90.9 Å². The van der Waals surface area contributed by atoms with Gasteiger partial charge in [0.15, 0.2) is 5.69 Å². The van der Waals surface area contributed by atoms with Gasteiger partial charge in [0.1, 0.15) is 5.82 Å². The Kier molecular flexibility index (Phi) is 2.47. The molecule has 0 aliphatic rings. The molecule has 2 aromatic heterocycles. The van der Waals surface area contributed by atoms with Crippen molar-refractivity contribution in [3.05, 3.63) is 46.8 Å². The number of pyridine rings is 2. The van der Waals surface area contributed by atoms with Gasteiger partial charge in [-0.05, 0) is 18.2 Å². The van der Waals surface area contributed by atoms with Gasteiger partial charge < -0.3 is 5.73 Å². The predicted octanol–water partition coefficient (Wildman–Crippen LogP) is 1.63.